The fourth-order valence-corrected chi connectivity index (χ4v) is 3.95. The number of nitrogens with one attached hydrogen (secondary N) is 1. The summed E-state index contributed by atoms with van der Waals surface area (Å²) in [5.41, 5.74) is 6.23. The van der Waals surface area contributed by atoms with Gasteiger partial charge in [0, 0.05) is 10.9 Å². The number of para-hydroxylation sites is 1. The lowest BCUT2D eigenvalue weighted by atomic mass is 10.0. The minimum Gasteiger partial charge on any atom is -0.481 e. The normalized spacial score (nSPS) is 10.9. The van der Waals surface area contributed by atoms with Crippen LogP contribution in [0.4, 0.5) is 0 Å². The van der Waals surface area contributed by atoms with Gasteiger partial charge in [0.15, 0.2) is 6.61 Å². The molecule has 0 aliphatic carbocycles. The van der Waals surface area contributed by atoms with Crippen LogP contribution < -0.4 is 10.2 Å². The molecule has 0 radical (unpaired) electrons. The van der Waals surface area contributed by atoms with Crippen LogP contribution in [-0.4, -0.2) is 36.8 Å². The van der Waals surface area contributed by atoms with E-state index in [0.29, 0.717) is 17.0 Å². The van der Waals surface area contributed by atoms with Gasteiger partial charge >= 0.3 is 5.97 Å². The number of amides is 1. The number of benzene rings is 3. The highest BCUT2D eigenvalue weighted by molar-refractivity contribution is 14.1. The number of hydrogen-bond donors (Lipinski definition) is 1. The van der Waals surface area contributed by atoms with Crippen molar-refractivity contribution < 1.29 is 19.1 Å². The highest BCUT2D eigenvalue weighted by Gasteiger charge is 2.13. The number of pyridine rings is 1. The van der Waals surface area contributed by atoms with Crippen LogP contribution in [0.2, 0.25) is 0 Å². The number of aromatic nitrogens is 1. The zero-order chi connectivity index (χ0) is 23.9. The summed E-state index contributed by atoms with van der Waals surface area (Å²) in [5.74, 6) is -0.230. The van der Waals surface area contributed by atoms with E-state index in [1.807, 2.05) is 60.7 Å². The largest absolute Gasteiger partial charge is 0.481 e. The Balaban J connectivity index is 1.52. The summed E-state index contributed by atoms with van der Waals surface area (Å²) in [4.78, 5) is 29.0. The summed E-state index contributed by atoms with van der Waals surface area (Å²) in [5, 5.41) is 4.87. The van der Waals surface area contributed by atoms with Crippen molar-refractivity contribution in [1.29, 1.82) is 0 Å². The zero-order valence-electron chi connectivity index (χ0n) is 18.2. The molecule has 170 valence electrons. The minimum atomic E-state index is -0.455. The molecule has 7 nitrogen and oxygen atoms in total. The van der Waals surface area contributed by atoms with Crippen molar-refractivity contribution in [3.05, 3.63) is 93.6 Å². The van der Waals surface area contributed by atoms with Gasteiger partial charge in [0.05, 0.1) is 33.7 Å². The Kier molecular flexibility index (Phi) is 7.48. The van der Waals surface area contributed by atoms with Crippen LogP contribution in [0.15, 0.2) is 84.0 Å². The highest BCUT2D eigenvalue weighted by Crippen LogP contribution is 2.25. The molecule has 1 aromatic heterocycles. The standard InChI is InChI=1S/C26H20IN3O4/c1-33-25(31)16-34-24-12-11-17(13-21(24)27)15-28-30-26(32)20-14-23(18-7-3-2-4-8-18)29-22-10-6-5-9-19(20)22/h2-15H,16H2,1H3,(H,30,32)/b28-15+. The molecule has 0 saturated carbocycles. The first-order valence-electron chi connectivity index (χ1n) is 10.3. The third kappa shape index (κ3) is 5.57. The van der Waals surface area contributed by atoms with Gasteiger partial charge < -0.3 is 9.47 Å². The molecule has 1 N–H and O–H groups in total. The SMILES string of the molecule is COC(=O)COc1ccc(/C=N/NC(=O)c2cc(-c3ccccc3)nc3ccccc23)cc1I. The van der Waals surface area contributed by atoms with Crippen molar-refractivity contribution in [1.82, 2.24) is 10.4 Å². The number of halogens is 1. The van der Waals surface area contributed by atoms with Crippen LogP contribution >= 0.6 is 22.6 Å². The second-order valence-corrected chi connectivity index (χ2v) is 8.35. The molecule has 4 aromatic rings. The van der Waals surface area contributed by atoms with Gasteiger partial charge in [-0.1, -0.05) is 48.5 Å². The van der Waals surface area contributed by atoms with Crippen LogP contribution in [0.1, 0.15) is 15.9 Å². The smallest absolute Gasteiger partial charge is 0.343 e. The van der Waals surface area contributed by atoms with E-state index in [9.17, 15) is 9.59 Å². The van der Waals surface area contributed by atoms with Crippen LogP contribution in [0.3, 0.4) is 0 Å². The third-order valence-electron chi connectivity index (χ3n) is 4.94. The van der Waals surface area contributed by atoms with Gasteiger partial charge in [-0.2, -0.15) is 5.10 Å². The Morgan fingerprint density at radius 1 is 1.03 bits per heavy atom. The van der Waals surface area contributed by atoms with E-state index < -0.39 is 5.97 Å². The number of hydrogen-bond acceptors (Lipinski definition) is 6. The quantitative estimate of drug-likeness (QED) is 0.150. The number of hydrazone groups is 1. The van der Waals surface area contributed by atoms with Gasteiger partial charge in [-0.3, -0.25) is 4.79 Å². The molecule has 1 heterocycles. The summed E-state index contributed by atoms with van der Waals surface area (Å²) >= 11 is 2.10. The second kappa shape index (κ2) is 10.9. The Morgan fingerprint density at radius 2 is 1.79 bits per heavy atom. The van der Waals surface area contributed by atoms with Crippen molar-refractivity contribution in [2.75, 3.05) is 13.7 Å². The Labute approximate surface area is 209 Å². The number of esters is 1. The predicted molar refractivity (Wildman–Crippen MR) is 139 cm³/mol. The number of methoxy groups -OCH3 is 1. The van der Waals surface area contributed by atoms with E-state index in [-0.39, 0.29) is 12.5 Å². The fourth-order valence-electron chi connectivity index (χ4n) is 3.26. The lowest BCUT2D eigenvalue weighted by Crippen LogP contribution is -2.18. The van der Waals surface area contributed by atoms with Crippen LogP contribution in [0, 0.1) is 3.57 Å². The molecular formula is C26H20IN3O4. The summed E-state index contributed by atoms with van der Waals surface area (Å²) in [6.07, 6.45) is 1.55. The molecule has 0 aliphatic rings. The van der Waals surface area contributed by atoms with Gasteiger partial charge in [-0.05, 0) is 58.5 Å². The molecule has 0 atom stereocenters. The maximum Gasteiger partial charge on any atom is 0.343 e. The van der Waals surface area contributed by atoms with E-state index in [0.717, 1.165) is 25.6 Å². The number of fused-ring (bicyclic) bond motifs is 1. The Bertz CT molecular complexity index is 1370. The highest BCUT2D eigenvalue weighted by atomic mass is 127. The van der Waals surface area contributed by atoms with Crippen molar-refractivity contribution >= 4 is 51.6 Å². The number of carbonyl (C=O) groups is 2. The number of carbonyl (C=O) groups excluding carboxylic acids is 2. The summed E-state index contributed by atoms with van der Waals surface area (Å²) in [7, 11) is 1.31. The van der Waals surface area contributed by atoms with Crippen molar-refractivity contribution in [2.45, 2.75) is 0 Å². The molecule has 34 heavy (non-hydrogen) atoms. The zero-order valence-corrected chi connectivity index (χ0v) is 20.4. The van der Waals surface area contributed by atoms with Crippen molar-refractivity contribution in [3.8, 4) is 17.0 Å². The molecule has 0 unspecified atom stereocenters. The first-order valence-corrected chi connectivity index (χ1v) is 11.4. The number of ether oxygens (including phenoxy) is 2. The molecule has 0 spiro atoms. The maximum atomic E-state index is 13.0. The monoisotopic (exact) mass is 565 g/mol. The average Bonchev–Trinajstić information content (AvgIpc) is 2.87. The van der Waals surface area contributed by atoms with E-state index in [4.69, 9.17) is 9.72 Å². The summed E-state index contributed by atoms with van der Waals surface area (Å²) in [6.45, 7) is -0.166. The van der Waals surface area contributed by atoms with E-state index in [1.54, 1.807) is 24.4 Å². The minimum absolute atomic E-state index is 0.166. The molecule has 0 aliphatic heterocycles. The van der Waals surface area contributed by atoms with Gasteiger partial charge in [-0.15, -0.1) is 0 Å². The molecule has 1 amide bonds. The van der Waals surface area contributed by atoms with Crippen molar-refractivity contribution in [2.24, 2.45) is 5.10 Å². The topological polar surface area (TPSA) is 89.9 Å². The summed E-state index contributed by atoms with van der Waals surface area (Å²) < 4.78 is 10.8. The first kappa shape index (κ1) is 23.4. The Morgan fingerprint density at radius 3 is 2.56 bits per heavy atom. The van der Waals surface area contributed by atoms with Crippen LogP contribution in [0.25, 0.3) is 22.2 Å². The molecule has 0 fully saturated rings. The average molecular weight is 565 g/mol. The van der Waals surface area contributed by atoms with Gasteiger partial charge in [0.25, 0.3) is 5.91 Å². The molecule has 8 heteroatoms. The molecule has 0 saturated heterocycles. The molecule has 3 aromatic carbocycles. The van der Waals surface area contributed by atoms with E-state index >= 15 is 0 Å². The Hall–Kier alpha value is -3.79. The first-order chi connectivity index (χ1) is 16.5. The maximum absolute atomic E-state index is 13.0. The second-order valence-electron chi connectivity index (χ2n) is 7.19. The predicted octanol–water partition coefficient (Wildman–Crippen LogP) is 4.82. The van der Waals surface area contributed by atoms with Crippen LogP contribution in [0.5, 0.6) is 5.75 Å². The van der Waals surface area contributed by atoms with E-state index in [1.165, 1.54) is 7.11 Å². The van der Waals surface area contributed by atoms with Gasteiger partial charge in [0.2, 0.25) is 0 Å². The van der Waals surface area contributed by atoms with E-state index in [2.05, 4.69) is 37.9 Å². The number of rotatable bonds is 7. The fraction of sp³-hybridized carbons (Fsp3) is 0.0769. The molecule has 4 rings (SSSR count). The lowest BCUT2D eigenvalue weighted by Gasteiger charge is -2.09. The third-order valence-corrected chi connectivity index (χ3v) is 5.78. The summed E-state index contributed by atoms with van der Waals surface area (Å²) in [6, 6.07) is 24.3. The van der Waals surface area contributed by atoms with Crippen LogP contribution in [-0.2, 0) is 9.53 Å². The van der Waals surface area contributed by atoms with Gasteiger partial charge in [-0.25, -0.2) is 15.2 Å². The lowest BCUT2D eigenvalue weighted by molar-refractivity contribution is -0.142. The van der Waals surface area contributed by atoms with Gasteiger partial charge in [0.1, 0.15) is 5.75 Å². The molecular weight excluding hydrogens is 545 g/mol. The van der Waals surface area contributed by atoms with Crippen molar-refractivity contribution in [3.63, 3.8) is 0 Å². The number of nitrogens with zero attached hydrogens (tertiary/aromatic N) is 2. The molecule has 0 bridgehead atoms.